The van der Waals surface area contributed by atoms with Gasteiger partial charge in [0.1, 0.15) is 5.82 Å². The van der Waals surface area contributed by atoms with Gasteiger partial charge in [-0.15, -0.1) is 0 Å². The molecule has 0 saturated heterocycles. The lowest BCUT2D eigenvalue weighted by atomic mass is 9.82. The highest BCUT2D eigenvalue weighted by Crippen LogP contribution is 2.26. The van der Waals surface area contributed by atoms with E-state index < -0.39 is 0 Å². The fraction of sp³-hybridized carbons (Fsp3) is 0.750. The molecule has 1 aromatic rings. The van der Waals surface area contributed by atoms with Crippen LogP contribution in [0.5, 0.6) is 0 Å². The van der Waals surface area contributed by atoms with Crippen LogP contribution in [0, 0.1) is 6.92 Å². The number of anilines is 1. The number of rotatable bonds is 3. The molecule has 0 unspecified atom stereocenters. The summed E-state index contributed by atoms with van der Waals surface area (Å²) < 4.78 is 1.88. The summed E-state index contributed by atoms with van der Waals surface area (Å²) in [6, 6.07) is 2.06. The molecule has 1 heterocycles. The molecule has 0 atom stereocenters. The standard InChI is InChI=1S/C12H22N4/c1-10-8-11(16(2)15-10)14-9-12(13)6-4-3-5-7-12/h8,14H,3-7,9,13H2,1-2H3. The zero-order valence-corrected chi connectivity index (χ0v) is 10.3. The lowest BCUT2D eigenvalue weighted by molar-refractivity contribution is 0.310. The van der Waals surface area contributed by atoms with Crippen LogP contribution < -0.4 is 11.1 Å². The van der Waals surface area contributed by atoms with Gasteiger partial charge in [-0.2, -0.15) is 5.10 Å². The van der Waals surface area contributed by atoms with E-state index in [4.69, 9.17) is 5.73 Å². The molecule has 4 nitrogen and oxygen atoms in total. The molecular formula is C12H22N4. The molecule has 0 amide bonds. The average molecular weight is 222 g/mol. The molecule has 1 saturated carbocycles. The average Bonchev–Trinajstić information content (AvgIpc) is 2.56. The van der Waals surface area contributed by atoms with Crippen LogP contribution in [0.1, 0.15) is 37.8 Å². The molecule has 1 aliphatic carbocycles. The van der Waals surface area contributed by atoms with Crippen molar-refractivity contribution < 1.29 is 0 Å². The van der Waals surface area contributed by atoms with Crippen LogP contribution in [0.2, 0.25) is 0 Å². The predicted octanol–water partition coefficient (Wildman–Crippen LogP) is 1.80. The Morgan fingerprint density at radius 3 is 2.69 bits per heavy atom. The van der Waals surface area contributed by atoms with Gasteiger partial charge in [-0.25, -0.2) is 0 Å². The van der Waals surface area contributed by atoms with Crippen molar-refractivity contribution in [3.63, 3.8) is 0 Å². The molecule has 90 valence electrons. The molecule has 0 spiro atoms. The molecule has 0 aromatic carbocycles. The van der Waals surface area contributed by atoms with E-state index in [0.29, 0.717) is 0 Å². The van der Waals surface area contributed by atoms with Gasteiger partial charge in [-0.3, -0.25) is 4.68 Å². The van der Waals surface area contributed by atoms with E-state index in [-0.39, 0.29) is 5.54 Å². The summed E-state index contributed by atoms with van der Waals surface area (Å²) in [5, 5.41) is 7.73. The molecule has 1 aliphatic rings. The van der Waals surface area contributed by atoms with Crippen LogP contribution in [0.25, 0.3) is 0 Å². The quantitative estimate of drug-likeness (QED) is 0.820. The van der Waals surface area contributed by atoms with Gasteiger partial charge in [0.2, 0.25) is 0 Å². The smallest absolute Gasteiger partial charge is 0.124 e. The third kappa shape index (κ3) is 2.55. The summed E-state index contributed by atoms with van der Waals surface area (Å²) >= 11 is 0. The van der Waals surface area contributed by atoms with Gasteiger partial charge < -0.3 is 11.1 Å². The molecule has 4 heteroatoms. The van der Waals surface area contributed by atoms with E-state index >= 15 is 0 Å². The number of aryl methyl sites for hydroxylation is 2. The second kappa shape index (κ2) is 4.45. The SMILES string of the molecule is Cc1cc(NCC2(N)CCCCC2)n(C)n1. The fourth-order valence-electron chi connectivity index (χ4n) is 2.48. The normalized spacial score (nSPS) is 19.7. The fourth-order valence-corrected chi connectivity index (χ4v) is 2.48. The summed E-state index contributed by atoms with van der Waals surface area (Å²) in [5.41, 5.74) is 7.40. The van der Waals surface area contributed by atoms with Crippen molar-refractivity contribution in [2.75, 3.05) is 11.9 Å². The predicted molar refractivity (Wildman–Crippen MR) is 66.4 cm³/mol. The summed E-state index contributed by atoms with van der Waals surface area (Å²) in [4.78, 5) is 0. The van der Waals surface area contributed by atoms with Gasteiger partial charge >= 0.3 is 0 Å². The van der Waals surface area contributed by atoms with E-state index in [1.807, 2.05) is 18.7 Å². The van der Waals surface area contributed by atoms with Gasteiger partial charge in [0, 0.05) is 25.2 Å². The summed E-state index contributed by atoms with van der Waals surface area (Å²) in [5.74, 6) is 1.06. The van der Waals surface area contributed by atoms with Crippen LogP contribution in [0.3, 0.4) is 0 Å². The summed E-state index contributed by atoms with van der Waals surface area (Å²) in [6.07, 6.45) is 6.14. The maximum Gasteiger partial charge on any atom is 0.124 e. The summed E-state index contributed by atoms with van der Waals surface area (Å²) in [6.45, 7) is 2.86. The molecule has 0 bridgehead atoms. The van der Waals surface area contributed by atoms with Crippen LogP contribution in [0.15, 0.2) is 6.07 Å². The van der Waals surface area contributed by atoms with E-state index in [9.17, 15) is 0 Å². The van der Waals surface area contributed by atoms with Crippen LogP contribution in [-0.4, -0.2) is 21.9 Å². The first kappa shape index (κ1) is 11.5. The van der Waals surface area contributed by atoms with Gasteiger partial charge in [0.15, 0.2) is 0 Å². The number of nitrogens with zero attached hydrogens (tertiary/aromatic N) is 2. The van der Waals surface area contributed by atoms with E-state index in [1.54, 1.807) is 0 Å². The lowest BCUT2D eigenvalue weighted by Gasteiger charge is -2.33. The minimum atomic E-state index is -0.0174. The minimum Gasteiger partial charge on any atom is -0.368 e. The Hall–Kier alpha value is -1.03. The first-order chi connectivity index (χ1) is 7.59. The van der Waals surface area contributed by atoms with Crippen molar-refractivity contribution in [2.24, 2.45) is 12.8 Å². The largest absolute Gasteiger partial charge is 0.368 e. The van der Waals surface area contributed by atoms with Gasteiger partial charge in [0.25, 0.3) is 0 Å². The Labute approximate surface area is 97.2 Å². The van der Waals surface area contributed by atoms with Crippen molar-refractivity contribution in [3.05, 3.63) is 11.8 Å². The van der Waals surface area contributed by atoms with E-state index in [1.165, 1.54) is 19.3 Å². The highest BCUT2D eigenvalue weighted by atomic mass is 15.3. The Morgan fingerprint density at radius 1 is 1.44 bits per heavy atom. The van der Waals surface area contributed by atoms with Crippen molar-refractivity contribution in [1.29, 1.82) is 0 Å². The number of nitrogens with one attached hydrogen (secondary N) is 1. The minimum absolute atomic E-state index is 0.0174. The zero-order chi connectivity index (χ0) is 11.6. The number of nitrogens with two attached hydrogens (primary N) is 1. The Kier molecular flexibility index (Phi) is 3.19. The van der Waals surface area contributed by atoms with E-state index in [0.717, 1.165) is 30.9 Å². The van der Waals surface area contributed by atoms with Crippen LogP contribution >= 0.6 is 0 Å². The molecule has 2 rings (SSSR count). The monoisotopic (exact) mass is 222 g/mol. The van der Waals surface area contributed by atoms with Crippen molar-refractivity contribution in [1.82, 2.24) is 9.78 Å². The maximum atomic E-state index is 6.37. The van der Waals surface area contributed by atoms with Crippen molar-refractivity contribution >= 4 is 5.82 Å². The molecule has 3 N–H and O–H groups in total. The number of aromatic nitrogens is 2. The highest BCUT2D eigenvalue weighted by Gasteiger charge is 2.27. The number of hydrogen-bond donors (Lipinski definition) is 2. The van der Waals surface area contributed by atoms with Crippen LogP contribution in [-0.2, 0) is 7.05 Å². The zero-order valence-electron chi connectivity index (χ0n) is 10.3. The first-order valence-electron chi connectivity index (χ1n) is 6.12. The molecule has 1 aromatic heterocycles. The Bertz CT molecular complexity index is 350. The van der Waals surface area contributed by atoms with Gasteiger partial charge in [-0.1, -0.05) is 19.3 Å². The Morgan fingerprint density at radius 2 is 2.12 bits per heavy atom. The number of hydrogen-bond acceptors (Lipinski definition) is 3. The lowest BCUT2D eigenvalue weighted by Crippen LogP contribution is -2.47. The Balaban J connectivity index is 1.93. The van der Waals surface area contributed by atoms with Crippen molar-refractivity contribution in [3.8, 4) is 0 Å². The summed E-state index contributed by atoms with van der Waals surface area (Å²) in [7, 11) is 1.96. The molecule has 16 heavy (non-hydrogen) atoms. The third-order valence-corrected chi connectivity index (χ3v) is 3.47. The third-order valence-electron chi connectivity index (χ3n) is 3.47. The molecule has 0 radical (unpaired) electrons. The van der Waals surface area contributed by atoms with Gasteiger partial charge in [-0.05, 0) is 19.8 Å². The van der Waals surface area contributed by atoms with Gasteiger partial charge in [0.05, 0.1) is 5.69 Å². The highest BCUT2D eigenvalue weighted by molar-refractivity contribution is 5.37. The molecular weight excluding hydrogens is 200 g/mol. The molecule has 0 aliphatic heterocycles. The first-order valence-corrected chi connectivity index (χ1v) is 6.12. The second-order valence-electron chi connectivity index (χ2n) is 5.07. The van der Waals surface area contributed by atoms with Crippen LogP contribution in [0.4, 0.5) is 5.82 Å². The topological polar surface area (TPSA) is 55.9 Å². The van der Waals surface area contributed by atoms with E-state index in [2.05, 4.69) is 16.5 Å². The second-order valence-corrected chi connectivity index (χ2v) is 5.07. The maximum absolute atomic E-state index is 6.37. The van der Waals surface area contributed by atoms with Crippen molar-refractivity contribution in [2.45, 2.75) is 44.6 Å². The molecule has 1 fully saturated rings.